The van der Waals surface area contributed by atoms with Crippen molar-refractivity contribution in [3.63, 3.8) is 0 Å². The number of halogens is 3. The van der Waals surface area contributed by atoms with Gasteiger partial charge < -0.3 is 9.88 Å². The van der Waals surface area contributed by atoms with Crippen molar-refractivity contribution in [3.05, 3.63) is 71.9 Å². The van der Waals surface area contributed by atoms with Crippen LogP contribution < -0.4 is 10.0 Å². The Hall–Kier alpha value is -3.38. The van der Waals surface area contributed by atoms with Gasteiger partial charge in [0, 0.05) is 41.9 Å². The van der Waals surface area contributed by atoms with E-state index in [1.165, 1.54) is 36.5 Å². The maximum Gasteiger partial charge on any atom is 0.416 e. The molecule has 2 aromatic carbocycles. The first-order valence-electron chi connectivity index (χ1n) is 9.60. The van der Waals surface area contributed by atoms with Crippen LogP contribution in [0, 0.1) is 0 Å². The molecular formula is C21H17F3N4O3S2. The smallest absolute Gasteiger partial charge is 0.347 e. The van der Waals surface area contributed by atoms with Gasteiger partial charge in [0.2, 0.25) is 5.91 Å². The van der Waals surface area contributed by atoms with Crippen LogP contribution in [0.15, 0.2) is 71.2 Å². The summed E-state index contributed by atoms with van der Waals surface area (Å²) in [6.45, 7) is 0.181. The number of alkyl halides is 3. The van der Waals surface area contributed by atoms with Crippen LogP contribution in [-0.2, 0) is 27.5 Å². The highest BCUT2D eigenvalue weighted by Gasteiger charge is 2.30. The van der Waals surface area contributed by atoms with Crippen LogP contribution in [0.4, 0.5) is 24.0 Å². The molecule has 1 amide bonds. The van der Waals surface area contributed by atoms with Crippen molar-refractivity contribution in [3.8, 4) is 0 Å². The minimum absolute atomic E-state index is 0.00924. The average Bonchev–Trinajstić information content (AvgIpc) is 3.41. The van der Waals surface area contributed by atoms with Crippen LogP contribution >= 0.6 is 11.3 Å². The van der Waals surface area contributed by atoms with E-state index in [1.807, 2.05) is 0 Å². The third-order valence-corrected chi connectivity index (χ3v) is 6.96. The van der Waals surface area contributed by atoms with Gasteiger partial charge in [-0.05, 0) is 47.9 Å². The van der Waals surface area contributed by atoms with E-state index in [2.05, 4.69) is 15.0 Å². The summed E-state index contributed by atoms with van der Waals surface area (Å²) in [5.74, 6) is -0.361. The summed E-state index contributed by atoms with van der Waals surface area (Å²) in [5.41, 5.74) is 0.0311. The van der Waals surface area contributed by atoms with Crippen molar-refractivity contribution in [1.82, 2.24) is 9.55 Å². The highest BCUT2D eigenvalue weighted by Crippen LogP contribution is 2.31. The fourth-order valence-electron chi connectivity index (χ4n) is 3.17. The van der Waals surface area contributed by atoms with Gasteiger partial charge in [0.1, 0.15) is 0 Å². The molecule has 0 aliphatic heterocycles. The predicted molar refractivity (Wildman–Crippen MR) is 120 cm³/mol. The first-order valence-corrected chi connectivity index (χ1v) is 12.0. The van der Waals surface area contributed by atoms with Gasteiger partial charge in [-0.25, -0.2) is 13.4 Å². The summed E-state index contributed by atoms with van der Waals surface area (Å²) < 4.78 is 67.6. The molecule has 172 valence electrons. The molecular weight excluding hydrogens is 477 g/mol. The summed E-state index contributed by atoms with van der Waals surface area (Å²) in [6.07, 6.45) is -1.32. The number of sulfonamides is 1. The van der Waals surface area contributed by atoms with Crippen LogP contribution in [0.3, 0.4) is 0 Å². The number of rotatable bonds is 7. The number of carbonyl (C=O) groups excluding carboxylic acids is 1. The Bertz CT molecular complexity index is 1380. The minimum Gasteiger partial charge on any atom is -0.347 e. The van der Waals surface area contributed by atoms with E-state index in [4.69, 9.17) is 0 Å². The molecule has 0 aliphatic rings. The zero-order valence-electron chi connectivity index (χ0n) is 16.8. The Morgan fingerprint density at radius 1 is 1.09 bits per heavy atom. The van der Waals surface area contributed by atoms with Gasteiger partial charge in [-0.1, -0.05) is 6.07 Å². The molecule has 4 rings (SSSR count). The lowest BCUT2D eigenvalue weighted by atomic mass is 10.1. The highest BCUT2D eigenvalue weighted by molar-refractivity contribution is 7.93. The number of anilines is 2. The van der Waals surface area contributed by atoms with Gasteiger partial charge in [-0.15, -0.1) is 11.3 Å². The van der Waals surface area contributed by atoms with E-state index in [0.717, 1.165) is 23.5 Å². The zero-order valence-corrected chi connectivity index (χ0v) is 18.5. The number of aryl methyl sites for hydroxylation is 1. The predicted octanol–water partition coefficient (Wildman–Crippen LogP) is 4.95. The molecule has 0 saturated heterocycles. The molecule has 0 unspecified atom stereocenters. The fourth-order valence-corrected chi connectivity index (χ4v) is 4.95. The van der Waals surface area contributed by atoms with Gasteiger partial charge in [-0.3, -0.25) is 9.52 Å². The Kier molecular flexibility index (Phi) is 6.13. The Morgan fingerprint density at radius 3 is 2.52 bits per heavy atom. The van der Waals surface area contributed by atoms with Crippen molar-refractivity contribution in [2.75, 3.05) is 10.0 Å². The van der Waals surface area contributed by atoms with E-state index >= 15 is 0 Å². The van der Waals surface area contributed by atoms with E-state index in [0.29, 0.717) is 16.6 Å². The summed E-state index contributed by atoms with van der Waals surface area (Å²) in [6, 6.07) is 10.8. The number of hydrogen-bond acceptors (Lipinski definition) is 5. The monoisotopic (exact) mass is 494 g/mol. The van der Waals surface area contributed by atoms with Crippen molar-refractivity contribution in [1.29, 1.82) is 0 Å². The number of thiazole rings is 1. The second kappa shape index (κ2) is 8.87. The number of nitrogens with one attached hydrogen (secondary N) is 2. The molecule has 7 nitrogen and oxygen atoms in total. The Labute approximate surface area is 190 Å². The maximum atomic E-state index is 13.0. The van der Waals surface area contributed by atoms with Crippen LogP contribution in [-0.4, -0.2) is 23.9 Å². The number of fused-ring (bicyclic) bond motifs is 1. The number of benzene rings is 2. The van der Waals surface area contributed by atoms with Crippen molar-refractivity contribution in [2.45, 2.75) is 24.0 Å². The normalized spacial score (nSPS) is 12.1. The lowest BCUT2D eigenvalue weighted by molar-refractivity contribution is -0.137. The summed E-state index contributed by atoms with van der Waals surface area (Å²) in [7, 11) is -3.80. The number of nitrogens with zero attached hydrogens (tertiary/aromatic N) is 2. The van der Waals surface area contributed by atoms with Gasteiger partial charge in [0.25, 0.3) is 10.0 Å². The first-order chi connectivity index (χ1) is 15.6. The molecule has 12 heteroatoms. The standard InChI is InChI=1S/C21H17F3N4O3S2/c22-21(23,24)15-2-1-14-7-10-28(18(14)13-15)11-8-19(29)26-16-3-5-17(6-4-16)33(30,31)27-20-25-9-12-32-20/h1-7,9-10,12-13H,8,11H2,(H,25,27)(H,26,29). The van der Waals surface area contributed by atoms with E-state index in [1.54, 1.807) is 22.2 Å². The second-order valence-corrected chi connectivity index (χ2v) is 9.62. The number of aromatic nitrogens is 2. The Morgan fingerprint density at radius 2 is 1.85 bits per heavy atom. The molecule has 2 aromatic heterocycles. The molecule has 33 heavy (non-hydrogen) atoms. The van der Waals surface area contributed by atoms with Gasteiger partial charge in [0.05, 0.1) is 10.5 Å². The molecule has 2 heterocycles. The third kappa shape index (κ3) is 5.34. The fraction of sp³-hybridized carbons (Fsp3) is 0.143. The maximum absolute atomic E-state index is 13.0. The van der Waals surface area contributed by atoms with E-state index in [-0.39, 0.29) is 28.9 Å². The number of carbonyl (C=O) groups is 1. The van der Waals surface area contributed by atoms with E-state index in [9.17, 15) is 26.4 Å². The van der Waals surface area contributed by atoms with Gasteiger partial charge >= 0.3 is 6.18 Å². The molecule has 0 radical (unpaired) electrons. The largest absolute Gasteiger partial charge is 0.416 e. The third-order valence-electron chi connectivity index (χ3n) is 4.78. The van der Waals surface area contributed by atoms with Crippen LogP contribution in [0.1, 0.15) is 12.0 Å². The summed E-state index contributed by atoms with van der Waals surface area (Å²) >= 11 is 1.15. The second-order valence-electron chi connectivity index (χ2n) is 7.05. The van der Waals surface area contributed by atoms with Crippen molar-refractivity contribution < 1.29 is 26.4 Å². The lowest BCUT2D eigenvalue weighted by Crippen LogP contribution is -2.15. The summed E-state index contributed by atoms with van der Waals surface area (Å²) in [5, 5.41) is 5.18. The first kappa shape index (κ1) is 22.8. The minimum atomic E-state index is -4.45. The molecule has 0 fully saturated rings. The molecule has 4 aromatic rings. The number of hydrogen-bond donors (Lipinski definition) is 2. The van der Waals surface area contributed by atoms with Gasteiger partial charge in [-0.2, -0.15) is 13.2 Å². The van der Waals surface area contributed by atoms with Crippen LogP contribution in [0.5, 0.6) is 0 Å². The van der Waals surface area contributed by atoms with E-state index < -0.39 is 21.8 Å². The Balaban J connectivity index is 1.38. The SMILES string of the molecule is O=C(CCn1ccc2ccc(C(F)(F)F)cc21)Nc1ccc(S(=O)(=O)Nc2nccs2)cc1. The molecule has 0 saturated carbocycles. The quantitative estimate of drug-likeness (QED) is 0.380. The lowest BCUT2D eigenvalue weighted by Gasteiger charge is -2.10. The molecule has 0 atom stereocenters. The topological polar surface area (TPSA) is 93.1 Å². The van der Waals surface area contributed by atoms with Crippen molar-refractivity contribution in [2.24, 2.45) is 0 Å². The summed E-state index contributed by atoms with van der Waals surface area (Å²) in [4.78, 5) is 16.2. The van der Waals surface area contributed by atoms with Gasteiger partial charge in [0.15, 0.2) is 5.13 Å². The highest BCUT2D eigenvalue weighted by atomic mass is 32.2. The molecule has 2 N–H and O–H groups in total. The van der Waals surface area contributed by atoms with Crippen LogP contribution in [0.2, 0.25) is 0 Å². The van der Waals surface area contributed by atoms with Crippen molar-refractivity contribution >= 4 is 49.0 Å². The average molecular weight is 495 g/mol. The zero-order chi connectivity index (χ0) is 23.6. The number of amides is 1. The van der Waals surface area contributed by atoms with Crippen LogP contribution in [0.25, 0.3) is 10.9 Å². The molecule has 0 spiro atoms. The molecule has 0 aliphatic carbocycles. The molecule has 0 bridgehead atoms.